The van der Waals surface area contributed by atoms with Crippen LogP contribution >= 0.6 is 0 Å². The molecule has 2 rings (SSSR count). The number of carboxylic acids is 1. The van der Waals surface area contributed by atoms with Crippen LogP contribution in [0.4, 0.5) is 5.82 Å². The summed E-state index contributed by atoms with van der Waals surface area (Å²) in [5.74, 6) is 0.307. The lowest BCUT2D eigenvalue weighted by Crippen LogP contribution is -2.35. The topological polar surface area (TPSA) is 75.5 Å². The molecule has 0 amide bonds. The summed E-state index contributed by atoms with van der Waals surface area (Å²) >= 11 is 0. The van der Waals surface area contributed by atoms with Crippen LogP contribution < -0.4 is 4.90 Å². The van der Waals surface area contributed by atoms with Crippen molar-refractivity contribution >= 4 is 11.8 Å². The van der Waals surface area contributed by atoms with Crippen LogP contribution in [0.5, 0.6) is 0 Å². The second kappa shape index (κ2) is 5.77. The Morgan fingerprint density at radius 2 is 2.17 bits per heavy atom. The Labute approximate surface area is 106 Å². The predicted molar refractivity (Wildman–Crippen MR) is 65.8 cm³/mol. The molecule has 1 aromatic rings. The number of hydrogen-bond donors (Lipinski definition) is 1. The van der Waals surface area contributed by atoms with Crippen LogP contribution in [0.15, 0.2) is 12.4 Å². The third kappa shape index (κ3) is 2.95. The lowest BCUT2D eigenvalue weighted by Gasteiger charge is -2.32. The molecule has 1 aliphatic heterocycles. The van der Waals surface area contributed by atoms with Crippen molar-refractivity contribution in [2.24, 2.45) is 5.92 Å². The van der Waals surface area contributed by atoms with E-state index in [-0.39, 0.29) is 5.69 Å². The zero-order chi connectivity index (χ0) is 13.0. The number of nitrogens with zero attached hydrogens (tertiary/aromatic N) is 3. The molecule has 6 heteroatoms. The highest BCUT2D eigenvalue weighted by atomic mass is 16.5. The second-order valence-electron chi connectivity index (χ2n) is 4.45. The molecule has 1 aliphatic rings. The molecule has 18 heavy (non-hydrogen) atoms. The predicted octanol–water partition coefficient (Wildman–Crippen LogP) is 1.04. The standard InChI is InChI=1S/C12H17N3O3/c1-18-8-9-2-4-15(5-3-9)11-7-13-10(6-14-11)12(16)17/h6-7,9H,2-5,8H2,1H3,(H,16,17). The zero-order valence-corrected chi connectivity index (χ0v) is 10.4. The van der Waals surface area contributed by atoms with Gasteiger partial charge in [0.25, 0.3) is 0 Å². The molecule has 0 saturated carbocycles. The molecular weight excluding hydrogens is 234 g/mol. The van der Waals surface area contributed by atoms with E-state index in [1.165, 1.54) is 12.4 Å². The average Bonchev–Trinajstić information content (AvgIpc) is 2.40. The molecule has 1 N–H and O–H groups in total. The Kier molecular flexibility index (Phi) is 4.09. The number of methoxy groups -OCH3 is 1. The van der Waals surface area contributed by atoms with Crippen LogP contribution in [0.25, 0.3) is 0 Å². The summed E-state index contributed by atoms with van der Waals surface area (Å²) in [6.45, 7) is 2.63. The molecular formula is C12H17N3O3. The first-order valence-electron chi connectivity index (χ1n) is 6.00. The second-order valence-corrected chi connectivity index (χ2v) is 4.45. The summed E-state index contributed by atoms with van der Waals surface area (Å²) in [6, 6.07) is 0. The van der Waals surface area contributed by atoms with Crippen molar-refractivity contribution in [2.45, 2.75) is 12.8 Å². The molecule has 1 aromatic heterocycles. The lowest BCUT2D eigenvalue weighted by molar-refractivity contribution is 0.0690. The summed E-state index contributed by atoms with van der Waals surface area (Å²) < 4.78 is 5.15. The van der Waals surface area contributed by atoms with Crippen molar-refractivity contribution in [1.82, 2.24) is 9.97 Å². The Morgan fingerprint density at radius 3 is 2.67 bits per heavy atom. The molecule has 0 radical (unpaired) electrons. The van der Waals surface area contributed by atoms with E-state index in [1.807, 2.05) is 0 Å². The summed E-state index contributed by atoms with van der Waals surface area (Å²) in [7, 11) is 1.72. The van der Waals surface area contributed by atoms with Gasteiger partial charge in [0.05, 0.1) is 12.4 Å². The van der Waals surface area contributed by atoms with Crippen LogP contribution in [-0.2, 0) is 4.74 Å². The normalized spacial score (nSPS) is 16.8. The first kappa shape index (κ1) is 12.8. The molecule has 0 aliphatic carbocycles. The minimum atomic E-state index is -1.05. The number of rotatable bonds is 4. The van der Waals surface area contributed by atoms with E-state index >= 15 is 0 Å². The van der Waals surface area contributed by atoms with Crippen molar-refractivity contribution < 1.29 is 14.6 Å². The van der Waals surface area contributed by atoms with Crippen LogP contribution in [0.2, 0.25) is 0 Å². The van der Waals surface area contributed by atoms with E-state index in [4.69, 9.17) is 9.84 Å². The van der Waals surface area contributed by atoms with Crippen LogP contribution in [0.3, 0.4) is 0 Å². The van der Waals surface area contributed by atoms with Crippen molar-refractivity contribution in [3.8, 4) is 0 Å². The third-order valence-corrected chi connectivity index (χ3v) is 3.20. The highest BCUT2D eigenvalue weighted by molar-refractivity contribution is 5.84. The van der Waals surface area contributed by atoms with Gasteiger partial charge >= 0.3 is 5.97 Å². The number of aromatic nitrogens is 2. The highest BCUT2D eigenvalue weighted by Crippen LogP contribution is 2.21. The van der Waals surface area contributed by atoms with Crippen molar-refractivity contribution in [1.29, 1.82) is 0 Å². The maximum absolute atomic E-state index is 10.7. The average molecular weight is 251 g/mol. The molecule has 2 heterocycles. The molecule has 1 fully saturated rings. The quantitative estimate of drug-likeness (QED) is 0.861. The number of carboxylic acid groups (broad SMARTS) is 1. The SMILES string of the molecule is COCC1CCN(c2cnc(C(=O)O)cn2)CC1. The van der Waals surface area contributed by atoms with Gasteiger partial charge in [-0.2, -0.15) is 0 Å². The maximum Gasteiger partial charge on any atom is 0.356 e. The number of aromatic carboxylic acids is 1. The van der Waals surface area contributed by atoms with Gasteiger partial charge in [-0.25, -0.2) is 14.8 Å². The van der Waals surface area contributed by atoms with Crippen molar-refractivity contribution in [3.63, 3.8) is 0 Å². The first-order valence-corrected chi connectivity index (χ1v) is 6.00. The number of carbonyl (C=O) groups is 1. The van der Waals surface area contributed by atoms with Gasteiger partial charge in [0, 0.05) is 26.8 Å². The molecule has 1 saturated heterocycles. The smallest absolute Gasteiger partial charge is 0.356 e. The minimum absolute atomic E-state index is 0.0204. The van der Waals surface area contributed by atoms with Crippen LogP contribution in [0.1, 0.15) is 23.3 Å². The minimum Gasteiger partial charge on any atom is -0.476 e. The summed E-state index contributed by atoms with van der Waals surface area (Å²) in [5.41, 5.74) is -0.0204. The number of piperidine rings is 1. The van der Waals surface area contributed by atoms with Gasteiger partial charge in [-0.3, -0.25) is 0 Å². The summed E-state index contributed by atoms with van der Waals surface area (Å²) in [6.07, 6.45) is 4.96. The van der Waals surface area contributed by atoms with Crippen LogP contribution in [0, 0.1) is 5.92 Å². The first-order chi connectivity index (χ1) is 8.70. The van der Waals surface area contributed by atoms with E-state index < -0.39 is 5.97 Å². The fourth-order valence-corrected chi connectivity index (χ4v) is 2.16. The van der Waals surface area contributed by atoms with Crippen molar-refractivity contribution in [3.05, 3.63) is 18.1 Å². The lowest BCUT2D eigenvalue weighted by atomic mass is 9.98. The highest BCUT2D eigenvalue weighted by Gasteiger charge is 2.20. The van der Waals surface area contributed by atoms with Gasteiger partial charge in [0.15, 0.2) is 5.69 Å². The third-order valence-electron chi connectivity index (χ3n) is 3.20. The largest absolute Gasteiger partial charge is 0.476 e. The van der Waals surface area contributed by atoms with Gasteiger partial charge in [0.1, 0.15) is 5.82 Å². The van der Waals surface area contributed by atoms with E-state index in [1.54, 1.807) is 7.11 Å². The molecule has 6 nitrogen and oxygen atoms in total. The fourth-order valence-electron chi connectivity index (χ4n) is 2.16. The monoisotopic (exact) mass is 251 g/mol. The molecule has 0 bridgehead atoms. The molecule has 98 valence electrons. The van der Waals surface area contributed by atoms with E-state index in [0.717, 1.165) is 38.4 Å². The number of ether oxygens (including phenoxy) is 1. The van der Waals surface area contributed by atoms with Crippen molar-refractivity contribution in [2.75, 3.05) is 31.7 Å². The Bertz CT molecular complexity index is 400. The van der Waals surface area contributed by atoms with Gasteiger partial charge in [-0.15, -0.1) is 0 Å². The number of anilines is 1. The van der Waals surface area contributed by atoms with Gasteiger partial charge in [-0.1, -0.05) is 0 Å². The molecule has 0 spiro atoms. The van der Waals surface area contributed by atoms with Gasteiger partial charge in [0.2, 0.25) is 0 Å². The Balaban J connectivity index is 1.95. The van der Waals surface area contributed by atoms with Gasteiger partial charge < -0.3 is 14.7 Å². The number of hydrogen-bond acceptors (Lipinski definition) is 5. The summed E-state index contributed by atoms with van der Waals surface area (Å²) in [5, 5.41) is 8.75. The van der Waals surface area contributed by atoms with E-state index in [2.05, 4.69) is 14.9 Å². The maximum atomic E-state index is 10.7. The molecule has 0 unspecified atom stereocenters. The van der Waals surface area contributed by atoms with E-state index in [9.17, 15) is 4.79 Å². The molecule has 0 aromatic carbocycles. The van der Waals surface area contributed by atoms with Gasteiger partial charge in [-0.05, 0) is 18.8 Å². The Morgan fingerprint density at radius 1 is 1.44 bits per heavy atom. The van der Waals surface area contributed by atoms with Crippen LogP contribution in [-0.4, -0.2) is 47.8 Å². The van der Waals surface area contributed by atoms with E-state index in [0.29, 0.717) is 5.92 Å². The Hall–Kier alpha value is -1.69. The summed E-state index contributed by atoms with van der Waals surface area (Å²) in [4.78, 5) is 20.8. The zero-order valence-electron chi connectivity index (χ0n) is 10.4. The molecule has 0 atom stereocenters. The fraction of sp³-hybridized carbons (Fsp3) is 0.583.